The Bertz CT molecular complexity index is 330. The van der Waals surface area contributed by atoms with Crippen molar-refractivity contribution in [3.05, 3.63) is 11.9 Å². The van der Waals surface area contributed by atoms with E-state index in [9.17, 15) is 0 Å². The van der Waals surface area contributed by atoms with Crippen LogP contribution in [0.4, 0.5) is 11.6 Å². The molecule has 0 amide bonds. The van der Waals surface area contributed by atoms with E-state index in [0.29, 0.717) is 11.9 Å². The number of aryl methyl sites for hydroxylation is 1. The zero-order valence-electron chi connectivity index (χ0n) is 9.40. The average molecular weight is 206 g/mol. The predicted molar refractivity (Wildman–Crippen MR) is 61.8 cm³/mol. The number of hydrogen-bond donors (Lipinski definition) is 1. The highest BCUT2D eigenvalue weighted by Gasteiger charge is 2.24. The molecule has 2 heterocycles. The second-order valence-electron chi connectivity index (χ2n) is 4.10. The minimum absolute atomic E-state index is 0.569. The summed E-state index contributed by atoms with van der Waals surface area (Å²) in [5.41, 5.74) is 5.74. The van der Waals surface area contributed by atoms with Crippen molar-refractivity contribution >= 4 is 11.6 Å². The molecule has 0 aromatic carbocycles. The normalized spacial score (nSPS) is 20.9. The Labute approximate surface area is 90.5 Å². The lowest BCUT2D eigenvalue weighted by atomic mass is 10.2. The summed E-state index contributed by atoms with van der Waals surface area (Å²) in [7, 11) is 0. The summed E-state index contributed by atoms with van der Waals surface area (Å²) in [4.78, 5) is 10.9. The first-order chi connectivity index (χ1) is 7.20. The Morgan fingerprint density at radius 3 is 3.00 bits per heavy atom. The molecule has 1 fully saturated rings. The minimum Gasteiger partial charge on any atom is -0.384 e. The predicted octanol–water partition coefficient (Wildman–Crippen LogP) is 1.75. The molecule has 1 aliphatic heterocycles. The van der Waals surface area contributed by atoms with Crippen LogP contribution >= 0.6 is 0 Å². The molecule has 1 aliphatic rings. The third kappa shape index (κ3) is 2.03. The zero-order valence-corrected chi connectivity index (χ0v) is 9.40. The Kier molecular flexibility index (Phi) is 2.75. The highest BCUT2D eigenvalue weighted by atomic mass is 15.2. The lowest BCUT2D eigenvalue weighted by Gasteiger charge is -2.24. The molecule has 4 heteroatoms. The molecule has 0 radical (unpaired) electrons. The monoisotopic (exact) mass is 206 g/mol. The minimum atomic E-state index is 0.569. The van der Waals surface area contributed by atoms with Crippen molar-refractivity contribution < 1.29 is 0 Å². The van der Waals surface area contributed by atoms with Crippen LogP contribution in [0.5, 0.6) is 0 Å². The molecule has 2 N–H and O–H groups in total. The first-order valence-corrected chi connectivity index (χ1v) is 5.58. The fourth-order valence-corrected chi connectivity index (χ4v) is 2.28. The van der Waals surface area contributed by atoms with Crippen molar-refractivity contribution in [2.24, 2.45) is 0 Å². The molecule has 1 saturated heterocycles. The van der Waals surface area contributed by atoms with E-state index in [2.05, 4.69) is 21.8 Å². The Morgan fingerprint density at radius 1 is 1.53 bits per heavy atom. The van der Waals surface area contributed by atoms with Gasteiger partial charge in [0.1, 0.15) is 17.5 Å². The molecular weight excluding hydrogens is 188 g/mol. The zero-order chi connectivity index (χ0) is 10.8. The lowest BCUT2D eigenvalue weighted by molar-refractivity contribution is 0.639. The Morgan fingerprint density at radius 2 is 2.33 bits per heavy atom. The van der Waals surface area contributed by atoms with Gasteiger partial charge in [-0.1, -0.05) is 6.92 Å². The molecular formula is C11H18N4. The summed E-state index contributed by atoms with van der Waals surface area (Å²) >= 11 is 0. The maximum atomic E-state index is 5.74. The van der Waals surface area contributed by atoms with Gasteiger partial charge in [-0.2, -0.15) is 0 Å². The average Bonchev–Trinajstić information content (AvgIpc) is 2.63. The highest BCUT2D eigenvalue weighted by Crippen LogP contribution is 2.26. The van der Waals surface area contributed by atoms with Gasteiger partial charge in [0, 0.05) is 18.7 Å². The third-order valence-corrected chi connectivity index (χ3v) is 2.99. The maximum Gasteiger partial charge on any atom is 0.134 e. The smallest absolute Gasteiger partial charge is 0.134 e. The van der Waals surface area contributed by atoms with Crippen LogP contribution in [0, 0.1) is 6.92 Å². The van der Waals surface area contributed by atoms with Gasteiger partial charge in [0.05, 0.1) is 0 Å². The largest absolute Gasteiger partial charge is 0.384 e. The first-order valence-electron chi connectivity index (χ1n) is 5.58. The molecule has 0 bridgehead atoms. The van der Waals surface area contributed by atoms with Crippen LogP contribution in [0.15, 0.2) is 6.07 Å². The second kappa shape index (κ2) is 4.04. The number of rotatable bonds is 2. The van der Waals surface area contributed by atoms with Crippen molar-refractivity contribution in [3.8, 4) is 0 Å². The van der Waals surface area contributed by atoms with Crippen molar-refractivity contribution in [1.29, 1.82) is 0 Å². The molecule has 0 aliphatic carbocycles. The number of hydrogen-bond acceptors (Lipinski definition) is 4. The van der Waals surface area contributed by atoms with E-state index in [4.69, 9.17) is 5.73 Å². The van der Waals surface area contributed by atoms with E-state index >= 15 is 0 Å². The second-order valence-corrected chi connectivity index (χ2v) is 4.10. The van der Waals surface area contributed by atoms with E-state index in [1.165, 1.54) is 19.3 Å². The summed E-state index contributed by atoms with van der Waals surface area (Å²) in [6, 6.07) is 2.50. The molecule has 1 unspecified atom stereocenters. The van der Waals surface area contributed by atoms with Gasteiger partial charge in [-0.3, -0.25) is 0 Å². The van der Waals surface area contributed by atoms with Gasteiger partial charge in [-0.25, -0.2) is 9.97 Å². The number of nitrogens with two attached hydrogens (primary N) is 1. The third-order valence-electron chi connectivity index (χ3n) is 2.99. The summed E-state index contributed by atoms with van der Waals surface area (Å²) in [6.07, 6.45) is 3.68. The Hall–Kier alpha value is -1.32. The van der Waals surface area contributed by atoms with E-state index in [0.717, 1.165) is 18.2 Å². The summed E-state index contributed by atoms with van der Waals surface area (Å²) < 4.78 is 0. The molecule has 15 heavy (non-hydrogen) atoms. The van der Waals surface area contributed by atoms with Crippen molar-refractivity contribution in [3.63, 3.8) is 0 Å². The fourth-order valence-electron chi connectivity index (χ4n) is 2.28. The number of anilines is 2. The van der Waals surface area contributed by atoms with Crippen molar-refractivity contribution in [1.82, 2.24) is 9.97 Å². The molecule has 1 aromatic rings. The number of nitrogen functional groups attached to an aromatic ring is 1. The number of aromatic nitrogens is 2. The van der Waals surface area contributed by atoms with Crippen LogP contribution in [0.1, 0.15) is 32.0 Å². The van der Waals surface area contributed by atoms with Crippen LogP contribution in [0.3, 0.4) is 0 Å². The van der Waals surface area contributed by atoms with Crippen LogP contribution in [-0.4, -0.2) is 22.6 Å². The summed E-state index contributed by atoms with van der Waals surface area (Å²) in [6.45, 7) is 5.20. The van der Waals surface area contributed by atoms with Crippen LogP contribution in [-0.2, 0) is 0 Å². The molecule has 1 atom stereocenters. The number of nitrogens with zero attached hydrogens (tertiary/aromatic N) is 3. The SMILES string of the molecule is CCC1CCCN1c1cc(N)nc(C)n1. The van der Waals surface area contributed by atoms with Gasteiger partial charge in [0.2, 0.25) is 0 Å². The van der Waals surface area contributed by atoms with Gasteiger partial charge in [-0.05, 0) is 26.2 Å². The van der Waals surface area contributed by atoms with Crippen molar-refractivity contribution in [2.45, 2.75) is 39.2 Å². The van der Waals surface area contributed by atoms with Crippen LogP contribution in [0.25, 0.3) is 0 Å². The van der Waals surface area contributed by atoms with Crippen LogP contribution < -0.4 is 10.6 Å². The standard InChI is InChI=1S/C11H18N4/c1-3-9-5-4-6-15(9)11-7-10(12)13-8(2)14-11/h7,9H,3-6H2,1-2H3,(H2,12,13,14). The van der Waals surface area contributed by atoms with Crippen LogP contribution in [0.2, 0.25) is 0 Å². The molecule has 82 valence electrons. The maximum absolute atomic E-state index is 5.74. The topological polar surface area (TPSA) is 55.0 Å². The van der Waals surface area contributed by atoms with E-state index in [1.54, 1.807) is 0 Å². The van der Waals surface area contributed by atoms with Gasteiger partial charge in [0.15, 0.2) is 0 Å². The van der Waals surface area contributed by atoms with Gasteiger partial charge >= 0.3 is 0 Å². The highest BCUT2D eigenvalue weighted by molar-refractivity contribution is 5.48. The molecule has 1 aromatic heterocycles. The van der Waals surface area contributed by atoms with E-state index in [1.807, 2.05) is 13.0 Å². The van der Waals surface area contributed by atoms with Gasteiger partial charge in [-0.15, -0.1) is 0 Å². The summed E-state index contributed by atoms with van der Waals surface area (Å²) in [5.74, 6) is 2.32. The molecule has 2 rings (SSSR count). The summed E-state index contributed by atoms with van der Waals surface area (Å²) in [5, 5.41) is 0. The quantitative estimate of drug-likeness (QED) is 0.801. The fraction of sp³-hybridized carbons (Fsp3) is 0.636. The molecule has 4 nitrogen and oxygen atoms in total. The Balaban J connectivity index is 2.28. The van der Waals surface area contributed by atoms with E-state index < -0.39 is 0 Å². The molecule has 0 saturated carbocycles. The van der Waals surface area contributed by atoms with E-state index in [-0.39, 0.29) is 0 Å². The lowest BCUT2D eigenvalue weighted by Crippen LogP contribution is -2.29. The van der Waals surface area contributed by atoms with Crippen molar-refractivity contribution in [2.75, 3.05) is 17.2 Å². The van der Waals surface area contributed by atoms with Gasteiger partial charge < -0.3 is 10.6 Å². The first kappa shape index (κ1) is 10.2. The molecule has 0 spiro atoms. The van der Waals surface area contributed by atoms with Gasteiger partial charge in [0.25, 0.3) is 0 Å².